The number of pyridine rings is 1. The smallest absolute Gasteiger partial charge is 0.265 e. The Hall–Kier alpha value is -1.70. The Morgan fingerprint density at radius 2 is 2.10 bits per heavy atom. The summed E-state index contributed by atoms with van der Waals surface area (Å²) in [6.07, 6.45) is 0. The van der Waals surface area contributed by atoms with Gasteiger partial charge in [-0.05, 0) is 53.2 Å². The van der Waals surface area contributed by atoms with Crippen molar-refractivity contribution in [2.45, 2.75) is 6.92 Å². The summed E-state index contributed by atoms with van der Waals surface area (Å²) in [5, 5.41) is 0.522. The maximum absolute atomic E-state index is 11.9. The van der Waals surface area contributed by atoms with E-state index in [9.17, 15) is 4.79 Å². The molecule has 0 radical (unpaired) electrons. The van der Waals surface area contributed by atoms with Crippen molar-refractivity contribution in [1.29, 1.82) is 0 Å². The summed E-state index contributed by atoms with van der Waals surface area (Å²) < 4.78 is 7.52. The van der Waals surface area contributed by atoms with Gasteiger partial charge in [0.1, 0.15) is 12.4 Å². The maximum Gasteiger partial charge on any atom is 0.265 e. The summed E-state index contributed by atoms with van der Waals surface area (Å²) in [5.41, 5.74) is 1.41. The van der Waals surface area contributed by atoms with Crippen LogP contribution >= 0.6 is 27.5 Å². The minimum Gasteiger partial charge on any atom is -0.481 e. The lowest BCUT2D eigenvalue weighted by Gasteiger charge is -2.11. The van der Waals surface area contributed by atoms with Crippen LogP contribution < -0.4 is 10.3 Å². The lowest BCUT2D eigenvalue weighted by molar-refractivity contribution is 0.370. The quantitative estimate of drug-likeness (QED) is 0.772. The van der Waals surface area contributed by atoms with Crippen LogP contribution in [0.2, 0.25) is 5.02 Å². The molecule has 2 aromatic rings. The van der Waals surface area contributed by atoms with Crippen LogP contribution in [0.3, 0.4) is 0 Å². The highest BCUT2D eigenvalue weighted by molar-refractivity contribution is 9.10. The second-order valence-corrected chi connectivity index (χ2v) is 5.55. The summed E-state index contributed by atoms with van der Waals surface area (Å²) in [4.78, 5) is 11.9. The SMILES string of the molecule is CC#CCOc1ccc(-c2ccc(Br)c(=O)n2C)c(Cl)c1. The number of aromatic nitrogens is 1. The number of hydrogen-bond acceptors (Lipinski definition) is 2. The molecule has 3 nitrogen and oxygen atoms in total. The van der Waals surface area contributed by atoms with E-state index in [4.69, 9.17) is 16.3 Å². The molecule has 0 fully saturated rings. The van der Waals surface area contributed by atoms with Gasteiger partial charge in [0, 0.05) is 12.6 Å². The lowest BCUT2D eigenvalue weighted by atomic mass is 10.1. The van der Waals surface area contributed by atoms with Gasteiger partial charge in [-0.25, -0.2) is 0 Å². The van der Waals surface area contributed by atoms with Crippen LogP contribution in [0.1, 0.15) is 6.92 Å². The van der Waals surface area contributed by atoms with Gasteiger partial charge in [0.2, 0.25) is 0 Å². The Kier molecular flexibility index (Phi) is 5.11. The Morgan fingerprint density at radius 1 is 1.33 bits per heavy atom. The van der Waals surface area contributed by atoms with Crippen LogP contribution in [0.4, 0.5) is 0 Å². The molecule has 0 bridgehead atoms. The second-order valence-electron chi connectivity index (χ2n) is 4.29. The van der Waals surface area contributed by atoms with Crippen LogP contribution in [0.25, 0.3) is 11.3 Å². The molecule has 0 unspecified atom stereocenters. The third-order valence-electron chi connectivity index (χ3n) is 2.96. The van der Waals surface area contributed by atoms with E-state index in [-0.39, 0.29) is 5.56 Å². The van der Waals surface area contributed by atoms with E-state index < -0.39 is 0 Å². The molecule has 108 valence electrons. The molecular weight excluding hydrogens is 354 g/mol. The molecule has 21 heavy (non-hydrogen) atoms. The molecule has 1 aromatic heterocycles. The molecule has 1 heterocycles. The van der Waals surface area contributed by atoms with Crippen LogP contribution in [0.15, 0.2) is 39.6 Å². The van der Waals surface area contributed by atoms with Crippen molar-refractivity contribution >= 4 is 27.5 Å². The van der Waals surface area contributed by atoms with Gasteiger partial charge in [-0.1, -0.05) is 17.5 Å². The molecule has 0 N–H and O–H groups in total. The molecule has 2 rings (SSSR count). The minimum absolute atomic E-state index is 0.109. The fourth-order valence-electron chi connectivity index (χ4n) is 1.86. The molecule has 0 aliphatic rings. The normalized spacial score (nSPS) is 9.90. The molecule has 5 heteroatoms. The molecule has 0 saturated carbocycles. The maximum atomic E-state index is 11.9. The Bertz CT molecular complexity index is 787. The first-order valence-electron chi connectivity index (χ1n) is 6.22. The third kappa shape index (κ3) is 3.49. The number of nitrogens with zero attached hydrogens (tertiary/aromatic N) is 1. The largest absolute Gasteiger partial charge is 0.481 e. The van der Waals surface area contributed by atoms with E-state index in [0.717, 1.165) is 11.3 Å². The van der Waals surface area contributed by atoms with Crippen molar-refractivity contribution in [1.82, 2.24) is 4.57 Å². The molecule has 0 amide bonds. The second kappa shape index (κ2) is 6.84. The van der Waals surface area contributed by atoms with Crippen molar-refractivity contribution in [3.63, 3.8) is 0 Å². The topological polar surface area (TPSA) is 31.2 Å². The van der Waals surface area contributed by atoms with Crippen molar-refractivity contribution in [3.8, 4) is 28.8 Å². The molecule has 0 aliphatic carbocycles. The van der Waals surface area contributed by atoms with Gasteiger partial charge in [0.05, 0.1) is 15.2 Å². The van der Waals surface area contributed by atoms with Crippen molar-refractivity contribution in [2.24, 2.45) is 7.05 Å². The number of halogens is 2. The summed E-state index contributed by atoms with van der Waals surface area (Å²) in [6.45, 7) is 2.08. The summed E-state index contributed by atoms with van der Waals surface area (Å²) in [5.74, 6) is 6.22. The third-order valence-corrected chi connectivity index (χ3v) is 3.88. The van der Waals surface area contributed by atoms with E-state index in [0.29, 0.717) is 21.9 Å². The van der Waals surface area contributed by atoms with Crippen LogP contribution in [-0.4, -0.2) is 11.2 Å². The highest BCUT2D eigenvalue weighted by Crippen LogP contribution is 2.30. The highest BCUT2D eigenvalue weighted by atomic mass is 79.9. The predicted molar refractivity (Wildman–Crippen MR) is 88.8 cm³/mol. The van der Waals surface area contributed by atoms with Gasteiger partial charge < -0.3 is 9.30 Å². The van der Waals surface area contributed by atoms with Crippen LogP contribution in [-0.2, 0) is 7.05 Å². The molecule has 0 saturated heterocycles. The first kappa shape index (κ1) is 15.7. The van der Waals surface area contributed by atoms with Crippen molar-refractivity contribution in [2.75, 3.05) is 6.61 Å². The van der Waals surface area contributed by atoms with E-state index in [1.807, 2.05) is 18.2 Å². The lowest BCUT2D eigenvalue weighted by Crippen LogP contribution is -2.18. The van der Waals surface area contributed by atoms with Gasteiger partial charge in [-0.2, -0.15) is 0 Å². The highest BCUT2D eigenvalue weighted by Gasteiger charge is 2.10. The van der Waals surface area contributed by atoms with E-state index >= 15 is 0 Å². The fourth-order valence-corrected chi connectivity index (χ4v) is 2.53. The first-order chi connectivity index (χ1) is 10.0. The molecule has 0 aliphatic heterocycles. The molecule has 0 spiro atoms. The van der Waals surface area contributed by atoms with Gasteiger partial charge in [0.25, 0.3) is 5.56 Å². The number of hydrogen-bond donors (Lipinski definition) is 0. The number of benzene rings is 1. The fraction of sp³-hybridized carbons (Fsp3) is 0.188. The van der Waals surface area contributed by atoms with Gasteiger partial charge in [0.15, 0.2) is 0 Å². The summed E-state index contributed by atoms with van der Waals surface area (Å²) >= 11 is 9.52. The molecular formula is C16H13BrClNO2. The average Bonchev–Trinajstić information content (AvgIpc) is 2.46. The monoisotopic (exact) mass is 365 g/mol. The van der Waals surface area contributed by atoms with Crippen LogP contribution in [0.5, 0.6) is 5.75 Å². The standard InChI is InChI=1S/C16H13BrClNO2/c1-3-4-9-21-11-5-6-12(14(18)10-11)15-8-7-13(17)16(20)19(15)2/h5-8,10H,9H2,1-2H3. The van der Waals surface area contributed by atoms with Gasteiger partial charge in [-0.3, -0.25) is 4.79 Å². The van der Waals surface area contributed by atoms with Gasteiger partial charge >= 0.3 is 0 Å². The zero-order chi connectivity index (χ0) is 15.4. The Balaban J connectivity index is 2.39. The number of ether oxygens (including phenoxy) is 1. The Labute approximate surface area is 136 Å². The first-order valence-corrected chi connectivity index (χ1v) is 7.39. The summed E-state index contributed by atoms with van der Waals surface area (Å²) in [7, 11) is 1.71. The molecule has 0 atom stereocenters. The zero-order valence-electron chi connectivity index (χ0n) is 11.6. The minimum atomic E-state index is -0.109. The van der Waals surface area contributed by atoms with Gasteiger partial charge in [-0.15, -0.1) is 5.92 Å². The van der Waals surface area contributed by atoms with E-state index in [1.54, 1.807) is 30.7 Å². The average molecular weight is 367 g/mol. The summed E-state index contributed by atoms with van der Waals surface area (Å²) in [6, 6.07) is 8.93. The van der Waals surface area contributed by atoms with E-state index in [1.165, 1.54) is 0 Å². The van der Waals surface area contributed by atoms with Crippen molar-refractivity contribution in [3.05, 3.63) is 50.2 Å². The van der Waals surface area contributed by atoms with Crippen LogP contribution in [0, 0.1) is 11.8 Å². The number of rotatable bonds is 3. The molecule has 1 aromatic carbocycles. The van der Waals surface area contributed by atoms with E-state index in [2.05, 4.69) is 27.8 Å². The zero-order valence-corrected chi connectivity index (χ0v) is 14.0. The Morgan fingerprint density at radius 3 is 2.76 bits per heavy atom. The van der Waals surface area contributed by atoms with Crippen molar-refractivity contribution < 1.29 is 4.74 Å². The predicted octanol–water partition coefficient (Wildman–Crippen LogP) is 3.87.